The van der Waals surface area contributed by atoms with Gasteiger partial charge >= 0.3 is 0 Å². The number of H-pyrrole nitrogens is 1. The van der Waals surface area contributed by atoms with Crippen LogP contribution in [0.1, 0.15) is 17.2 Å². The highest BCUT2D eigenvalue weighted by Gasteiger charge is 2.07. The Balaban J connectivity index is 2.28. The van der Waals surface area contributed by atoms with Crippen LogP contribution in [0.15, 0.2) is 42.7 Å². The maximum Gasteiger partial charge on any atom is 0.0566 e. The number of hydrogen-bond donors (Lipinski definition) is 3. The topological polar surface area (TPSA) is 67.8 Å². The van der Waals surface area contributed by atoms with E-state index >= 15 is 0 Å². The molecule has 1 heterocycles. The van der Waals surface area contributed by atoms with Crippen LogP contribution in [0, 0.1) is 0 Å². The summed E-state index contributed by atoms with van der Waals surface area (Å²) < 4.78 is 0. The molecule has 0 aliphatic rings. The Morgan fingerprint density at radius 3 is 2.29 bits per heavy atom. The molecule has 0 spiro atoms. The predicted molar refractivity (Wildman–Crippen MR) is 57.7 cm³/mol. The van der Waals surface area contributed by atoms with Gasteiger partial charge in [0.2, 0.25) is 0 Å². The number of nitrogen functional groups attached to an aromatic ring is 1. The Morgan fingerprint density at radius 1 is 1.00 bits per heavy atom. The van der Waals surface area contributed by atoms with Crippen LogP contribution in [0.5, 0.6) is 0 Å². The Hall–Kier alpha value is -1.74. The summed E-state index contributed by atoms with van der Waals surface area (Å²) in [5.41, 5.74) is 14.6. The van der Waals surface area contributed by atoms with Crippen LogP contribution >= 0.6 is 0 Å². The molecule has 1 aromatic carbocycles. The second-order valence-electron chi connectivity index (χ2n) is 3.29. The molecule has 3 nitrogen and oxygen atoms in total. The minimum absolute atomic E-state index is 0.0816. The Labute approximate surface area is 82.7 Å². The van der Waals surface area contributed by atoms with Gasteiger partial charge in [0, 0.05) is 18.1 Å². The highest BCUT2D eigenvalue weighted by molar-refractivity contribution is 5.41. The van der Waals surface area contributed by atoms with E-state index in [1.807, 2.05) is 42.7 Å². The van der Waals surface area contributed by atoms with Crippen molar-refractivity contribution in [3.05, 3.63) is 53.9 Å². The summed E-state index contributed by atoms with van der Waals surface area (Å²) in [5.74, 6) is 0. The van der Waals surface area contributed by atoms with Crippen molar-refractivity contribution in [1.29, 1.82) is 0 Å². The normalized spacial score (nSPS) is 12.6. The molecule has 0 bridgehead atoms. The predicted octanol–water partition coefficient (Wildman–Crippen LogP) is 1.65. The standard InChI is InChI=1S/C11H13N3/c12-10-3-1-8(2-4-10)11(13)9-5-6-14-7-9/h1-7,11,14H,12-13H2. The summed E-state index contributed by atoms with van der Waals surface area (Å²) in [5, 5.41) is 0. The van der Waals surface area contributed by atoms with Crippen molar-refractivity contribution in [3.8, 4) is 0 Å². The van der Waals surface area contributed by atoms with E-state index < -0.39 is 0 Å². The lowest BCUT2D eigenvalue weighted by Gasteiger charge is -2.10. The van der Waals surface area contributed by atoms with E-state index in [9.17, 15) is 0 Å². The molecule has 0 fully saturated rings. The van der Waals surface area contributed by atoms with Gasteiger partial charge in [0.1, 0.15) is 0 Å². The monoisotopic (exact) mass is 187 g/mol. The third kappa shape index (κ3) is 1.63. The molecule has 1 unspecified atom stereocenters. The van der Waals surface area contributed by atoms with Crippen LogP contribution in [0.2, 0.25) is 0 Å². The van der Waals surface area contributed by atoms with Gasteiger partial charge in [0.25, 0.3) is 0 Å². The zero-order valence-electron chi connectivity index (χ0n) is 7.77. The zero-order chi connectivity index (χ0) is 9.97. The molecular formula is C11H13N3. The van der Waals surface area contributed by atoms with Crippen molar-refractivity contribution in [2.24, 2.45) is 5.73 Å². The summed E-state index contributed by atoms with van der Waals surface area (Å²) in [7, 11) is 0. The van der Waals surface area contributed by atoms with Gasteiger partial charge in [-0.05, 0) is 29.3 Å². The minimum atomic E-state index is -0.0816. The third-order valence-electron chi connectivity index (χ3n) is 2.28. The number of aromatic amines is 1. The highest BCUT2D eigenvalue weighted by Crippen LogP contribution is 2.19. The molecule has 2 aromatic rings. The average Bonchev–Trinajstić information content (AvgIpc) is 2.71. The minimum Gasteiger partial charge on any atom is -0.399 e. The maximum absolute atomic E-state index is 6.05. The fraction of sp³-hybridized carbons (Fsp3) is 0.0909. The fourth-order valence-corrected chi connectivity index (χ4v) is 1.43. The van der Waals surface area contributed by atoms with Gasteiger partial charge in [-0.15, -0.1) is 0 Å². The number of aromatic nitrogens is 1. The largest absolute Gasteiger partial charge is 0.399 e. The summed E-state index contributed by atoms with van der Waals surface area (Å²) >= 11 is 0. The van der Waals surface area contributed by atoms with Crippen molar-refractivity contribution < 1.29 is 0 Å². The molecule has 1 atom stereocenters. The van der Waals surface area contributed by atoms with E-state index in [4.69, 9.17) is 11.5 Å². The lowest BCUT2D eigenvalue weighted by atomic mass is 10.0. The van der Waals surface area contributed by atoms with Gasteiger partial charge < -0.3 is 16.5 Å². The highest BCUT2D eigenvalue weighted by atomic mass is 14.7. The van der Waals surface area contributed by atoms with E-state index in [1.165, 1.54) is 0 Å². The van der Waals surface area contributed by atoms with Crippen LogP contribution < -0.4 is 11.5 Å². The first-order valence-corrected chi connectivity index (χ1v) is 4.51. The molecule has 0 aliphatic heterocycles. The first-order valence-electron chi connectivity index (χ1n) is 4.51. The smallest absolute Gasteiger partial charge is 0.0566 e. The fourth-order valence-electron chi connectivity index (χ4n) is 1.43. The number of nitrogens with one attached hydrogen (secondary N) is 1. The van der Waals surface area contributed by atoms with Gasteiger partial charge in [-0.2, -0.15) is 0 Å². The van der Waals surface area contributed by atoms with Crippen molar-refractivity contribution >= 4 is 5.69 Å². The van der Waals surface area contributed by atoms with Crippen LogP contribution in [0.4, 0.5) is 5.69 Å². The van der Waals surface area contributed by atoms with Crippen molar-refractivity contribution in [3.63, 3.8) is 0 Å². The molecule has 0 saturated carbocycles. The molecule has 2 rings (SSSR count). The molecule has 14 heavy (non-hydrogen) atoms. The summed E-state index contributed by atoms with van der Waals surface area (Å²) in [4.78, 5) is 2.99. The molecule has 0 radical (unpaired) electrons. The molecule has 0 aliphatic carbocycles. The van der Waals surface area contributed by atoms with Gasteiger partial charge in [0.05, 0.1) is 6.04 Å². The molecule has 0 amide bonds. The number of nitrogens with two attached hydrogens (primary N) is 2. The summed E-state index contributed by atoms with van der Waals surface area (Å²) in [6.07, 6.45) is 3.77. The first kappa shape index (κ1) is 8.84. The molecule has 1 aromatic heterocycles. The maximum atomic E-state index is 6.05. The van der Waals surface area contributed by atoms with Gasteiger partial charge in [-0.3, -0.25) is 0 Å². The number of hydrogen-bond acceptors (Lipinski definition) is 2. The Bertz CT molecular complexity index is 389. The molecular weight excluding hydrogens is 174 g/mol. The number of anilines is 1. The average molecular weight is 187 g/mol. The third-order valence-corrected chi connectivity index (χ3v) is 2.28. The molecule has 0 saturated heterocycles. The quantitative estimate of drug-likeness (QED) is 0.626. The van der Waals surface area contributed by atoms with Crippen LogP contribution in [0.3, 0.4) is 0 Å². The number of benzene rings is 1. The van der Waals surface area contributed by atoms with Gasteiger partial charge in [-0.1, -0.05) is 12.1 Å². The number of rotatable bonds is 2. The Morgan fingerprint density at radius 2 is 1.71 bits per heavy atom. The van der Waals surface area contributed by atoms with Crippen molar-refractivity contribution in [2.45, 2.75) is 6.04 Å². The van der Waals surface area contributed by atoms with E-state index in [2.05, 4.69) is 4.98 Å². The van der Waals surface area contributed by atoms with Gasteiger partial charge in [0.15, 0.2) is 0 Å². The van der Waals surface area contributed by atoms with E-state index in [0.717, 1.165) is 16.8 Å². The second kappa shape index (κ2) is 3.55. The van der Waals surface area contributed by atoms with E-state index in [-0.39, 0.29) is 6.04 Å². The van der Waals surface area contributed by atoms with E-state index in [0.29, 0.717) is 0 Å². The molecule has 5 N–H and O–H groups in total. The van der Waals surface area contributed by atoms with E-state index in [1.54, 1.807) is 0 Å². The van der Waals surface area contributed by atoms with Crippen molar-refractivity contribution in [1.82, 2.24) is 4.98 Å². The van der Waals surface area contributed by atoms with Gasteiger partial charge in [-0.25, -0.2) is 0 Å². The molecule has 3 heteroatoms. The van der Waals surface area contributed by atoms with Crippen LogP contribution in [0.25, 0.3) is 0 Å². The SMILES string of the molecule is Nc1ccc(C(N)c2cc[nH]c2)cc1. The summed E-state index contributed by atoms with van der Waals surface area (Å²) in [6.45, 7) is 0. The second-order valence-corrected chi connectivity index (χ2v) is 3.29. The lowest BCUT2D eigenvalue weighted by molar-refractivity contribution is 0.874. The molecule has 72 valence electrons. The van der Waals surface area contributed by atoms with Crippen LogP contribution in [-0.2, 0) is 0 Å². The van der Waals surface area contributed by atoms with Crippen LogP contribution in [-0.4, -0.2) is 4.98 Å². The zero-order valence-corrected chi connectivity index (χ0v) is 7.77. The Kier molecular flexibility index (Phi) is 2.24. The van der Waals surface area contributed by atoms with Crippen molar-refractivity contribution in [2.75, 3.05) is 5.73 Å². The lowest BCUT2D eigenvalue weighted by Crippen LogP contribution is -2.10. The first-order chi connectivity index (χ1) is 6.77. The summed E-state index contributed by atoms with van der Waals surface area (Å²) in [6, 6.07) is 9.52.